The molecule has 3 aromatic rings. The molecule has 2 heterocycles. The van der Waals surface area contributed by atoms with Crippen molar-refractivity contribution in [2.24, 2.45) is 0 Å². The molecule has 1 amide bonds. The Labute approximate surface area is 165 Å². The van der Waals surface area contributed by atoms with Crippen molar-refractivity contribution in [1.82, 2.24) is 0 Å². The van der Waals surface area contributed by atoms with Gasteiger partial charge in [0.05, 0.1) is 0 Å². The van der Waals surface area contributed by atoms with Crippen LogP contribution in [0.2, 0.25) is 0 Å². The molecular weight excluding hydrogens is 378 g/mol. The van der Waals surface area contributed by atoms with Crippen LogP contribution in [-0.2, 0) is 9.53 Å². The minimum atomic E-state index is -0.522. The fourth-order valence-electron chi connectivity index (χ4n) is 2.80. The number of hydrogen-bond donors (Lipinski definition) is 1. The first kappa shape index (κ1) is 18.1. The van der Waals surface area contributed by atoms with Gasteiger partial charge >= 0.3 is 5.97 Å². The Morgan fingerprint density at radius 1 is 1.07 bits per heavy atom. The van der Waals surface area contributed by atoms with E-state index in [0.717, 1.165) is 16.7 Å². The average molecular weight is 395 g/mol. The summed E-state index contributed by atoms with van der Waals surface area (Å²) in [6.45, 7) is 1.79. The minimum Gasteiger partial charge on any atom is -0.454 e. The molecule has 1 N–H and O–H groups in total. The smallest absolute Gasteiger partial charge is 0.349 e. The monoisotopic (exact) mass is 395 g/mol. The lowest BCUT2D eigenvalue weighted by atomic mass is 10.1. The molecule has 6 nitrogen and oxygen atoms in total. The van der Waals surface area contributed by atoms with Crippen LogP contribution in [-0.4, -0.2) is 25.3 Å². The van der Waals surface area contributed by atoms with E-state index in [1.165, 1.54) is 11.3 Å². The van der Waals surface area contributed by atoms with Crippen molar-refractivity contribution in [2.75, 3.05) is 18.7 Å². The second-order valence-corrected chi connectivity index (χ2v) is 7.14. The van der Waals surface area contributed by atoms with Gasteiger partial charge in [0.2, 0.25) is 6.79 Å². The molecule has 28 heavy (non-hydrogen) atoms. The summed E-state index contributed by atoms with van der Waals surface area (Å²) in [7, 11) is 0. The van der Waals surface area contributed by atoms with E-state index in [9.17, 15) is 9.59 Å². The maximum Gasteiger partial charge on any atom is 0.349 e. The SMILES string of the molecule is Cc1ccc(-c2ccsc2C(=O)OCC(=O)Nc2ccc3c(c2)OCO3)cc1. The molecule has 0 bridgehead atoms. The molecule has 0 radical (unpaired) electrons. The lowest BCUT2D eigenvalue weighted by Crippen LogP contribution is -2.20. The quantitative estimate of drug-likeness (QED) is 0.654. The number of nitrogens with one attached hydrogen (secondary N) is 1. The largest absolute Gasteiger partial charge is 0.454 e. The Balaban J connectivity index is 1.37. The first-order valence-electron chi connectivity index (χ1n) is 8.61. The van der Waals surface area contributed by atoms with Crippen LogP contribution in [0.3, 0.4) is 0 Å². The van der Waals surface area contributed by atoms with Crippen molar-refractivity contribution in [2.45, 2.75) is 6.92 Å². The van der Waals surface area contributed by atoms with Crippen LogP contribution in [0.5, 0.6) is 11.5 Å². The predicted molar refractivity (Wildman–Crippen MR) is 106 cm³/mol. The van der Waals surface area contributed by atoms with Gasteiger partial charge in [0.15, 0.2) is 18.1 Å². The summed E-state index contributed by atoms with van der Waals surface area (Å²) in [5, 5.41) is 4.51. The van der Waals surface area contributed by atoms with E-state index < -0.39 is 11.9 Å². The van der Waals surface area contributed by atoms with E-state index in [-0.39, 0.29) is 13.4 Å². The van der Waals surface area contributed by atoms with Crippen LogP contribution < -0.4 is 14.8 Å². The van der Waals surface area contributed by atoms with Crippen LogP contribution in [0.15, 0.2) is 53.9 Å². The highest BCUT2D eigenvalue weighted by molar-refractivity contribution is 7.12. The summed E-state index contributed by atoms with van der Waals surface area (Å²) >= 11 is 1.29. The van der Waals surface area contributed by atoms with Gasteiger partial charge in [-0.3, -0.25) is 4.79 Å². The van der Waals surface area contributed by atoms with Crippen LogP contribution in [0.25, 0.3) is 11.1 Å². The van der Waals surface area contributed by atoms with Crippen molar-refractivity contribution < 1.29 is 23.8 Å². The third kappa shape index (κ3) is 3.84. The van der Waals surface area contributed by atoms with Crippen LogP contribution in [0.1, 0.15) is 15.2 Å². The lowest BCUT2D eigenvalue weighted by Gasteiger charge is -2.08. The van der Waals surface area contributed by atoms with E-state index in [0.29, 0.717) is 22.1 Å². The number of fused-ring (bicyclic) bond motifs is 1. The van der Waals surface area contributed by atoms with Gasteiger partial charge in [0.25, 0.3) is 5.91 Å². The van der Waals surface area contributed by atoms with Gasteiger partial charge in [-0.25, -0.2) is 4.79 Å². The zero-order chi connectivity index (χ0) is 19.5. The molecule has 1 aliphatic heterocycles. The number of ether oxygens (including phenoxy) is 3. The molecule has 0 fully saturated rings. The van der Waals surface area contributed by atoms with Gasteiger partial charge in [-0.05, 0) is 36.1 Å². The zero-order valence-corrected chi connectivity index (χ0v) is 15.9. The number of anilines is 1. The zero-order valence-electron chi connectivity index (χ0n) is 15.1. The molecule has 7 heteroatoms. The molecule has 1 aliphatic rings. The van der Waals surface area contributed by atoms with Gasteiger partial charge in [-0.2, -0.15) is 0 Å². The normalized spacial score (nSPS) is 11.9. The second-order valence-electron chi connectivity index (χ2n) is 6.22. The number of thiophene rings is 1. The Morgan fingerprint density at radius 3 is 2.68 bits per heavy atom. The number of benzene rings is 2. The topological polar surface area (TPSA) is 73.9 Å². The van der Waals surface area contributed by atoms with Crippen molar-refractivity contribution in [1.29, 1.82) is 0 Å². The van der Waals surface area contributed by atoms with E-state index in [1.54, 1.807) is 18.2 Å². The summed E-state index contributed by atoms with van der Waals surface area (Å²) in [5.41, 5.74) is 3.42. The van der Waals surface area contributed by atoms with Gasteiger partial charge in [-0.15, -0.1) is 11.3 Å². The van der Waals surface area contributed by atoms with Crippen molar-refractivity contribution in [3.05, 3.63) is 64.4 Å². The first-order valence-corrected chi connectivity index (χ1v) is 9.49. The molecule has 0 saturated heterocycles. The third-order valence-corrected chi connectivity index (χ3v) is 5.10. The lowest BCUT2D eigenvalue weighted by molar-refractivity contribution is -0.119. The van der Waals surface area contributed by atoms with Crippen molar-refractivity contribution >= 4 is 28.9 Å². The van der Waals surface area contributed by atoms with Crippen LogP contribution in [0.4, 0.5) is 5.69 Å². The van der Waals surface area contributed by atoms with E-state index in [1.807, 2.05) is 42.6 Å². The Morgan fingerprint density at radius 2 is 1.86 bits per heavy atom. The van der Waals surface area contributed by atoms with Gasteiger partial charge in [-0.1, -0.05) is 29.8 Å². The van der Waals surface area contributed by atoms with E-state index in [2.05, 4.69) is 5.32 Å². The van der Waals surface area contributed by atoms with Gasteiger partial charge in [0.1, 0.15) is 4.88 Å². The summed E-state index contributed by atoms with van der Waals surface area (Å²) in [4.78, 5) is 25.0. The first-order chi connectivity index (χ1) is 13.6. The fraction of sp³-hybridized carbons (Fsp3) is 0.143. The van der Waals surface area contributed by atoms with Crippen molar-refractivity contribution in [3.8, 4) is 22.6 Å². The molecule has 1 aromatic heterocycles. The maximum absolute atomic E-state index is 12.4. The fourth-order valence-corrected chi connectivity index (χ4v) is 3.60. The number of hydrogen-bond acceptors (Lipinski definition) is 6. The molecule has 0 spiro atoms. The Bertz CT molecular complexity index is 1030. The molecule has 2 aromatic carbocycles. The average Bonchev–Trinajstić information content (AvgIpc) is 3.35. The predicted octanol–water partition coefficient (Wildman–Crippen LogP) is 4.25. The molecule has 0 atom stereocenters. The summed E-state index contributed by atoms with van der Waals surface area (Å²) in [6, 6.07) is 14.8. The summed E-state index contributed by atoms with van der Waals surface area (Å²) in [5.74, 6) is 0.244. The highest BCUT2D eigenvalue weighted by Crippen LogP contribution is 2.34. The van der Waals surface area contributed by atoms with Crippen LogP contribution in [0, 0.1) is 6.92 Å². The number of carbonyl (C=O) groups is 2. The number of esters is 1. The number of carbonyl (C=O) groups excluding carboxylic acids is 2. The third-order valence-electron chi connectivity index (χ3n) is 4.20. The standard InChI is InChI=1S/C21H17NO5S/c1-13-2-4-14(5-3-13)16-8-9-28-20(16)21(24)25-11-19(23)22-15-6-7-17-18(10-15)27-12-26-17/h2-10H,11-12H2,1H3,(H,22,23). The van der Waals surface area contributed by atoms with Gasteiger partial charge < -0.3 is 19.5 Å². The minimum absolute atomic E-state index is 0.161. The molecule has 4 rings (SSSR count). The summed E-state index contributed by atoms with van der Waals surface area (Å²) < 4.78 is 15.7. The van der Waals surface area contributed by atoms with Crippen LogP contribution >= 0.6 is 11.3 Å². The van der Waals surface area contributed by atoms with E-state index >= 15 is 0 Å². The van der Waals surface area contributed by atoms with Gasteiger partial charge in [0, 0.05) is 17.3 Å². The van der Waals surface area contributed by atoms with Crippen molar-refractivity contribution in [3.63, 3.8) is 0 Å². The molecule has 0 saturated carbocycles. The molecule has 0 unspecified atom stereocenters. The Kier molecular flexibility index (Phi) is 4.99. The molecular formula is C21H17NO5S. The maximum atomic E-state index is 12.4. The summed E-state index contributed by atoms with van der Waals surface area (Å²) in [6.07, 6.45) is 0. The highest BCUT2D eigenvalue weighted by atomic mass is 32.1. The number of aryl methyl sites for hydroxylation is 1. The number of rotatable bonds is 5. The molecule has 0 aliphatic carbocycles. The molecule has 142 valence electrons. The second kappa shape index (κ2) is 7.74. The van der Waals surface area contributed by atoms with E-state index in [4.69, 9.17) is 14.2 Å². The number of amides is 1. The Hall–Kier alpha value is -3.32. The highest BCUT2D eigenvalue weighted by Gasteiger charge is 2.18.